The van der Waals surface area contributed by atoms with Crippen LogP contribution in [0.25, 0.3) is 0 Å². The lowest BCUT2D eigenvalue weighted by atomic mass is 10.1. The van der Waals surface area contributed by atoms with Crippen molar-refractivity contribution in [2.45, 2.75) is 6.54 Å². The average Bonchev–Trinajstić information content (AvgIpc) is 2.42. The number of rotatable bonds is 2. The molecule has 0 atom stereocenters. The molecule has 0 bridgehead atoms. The molecule has 0 spiro atoms. The average molecular weight is 258 g/mol. The van der Waals surface area contributed by atoms with Crippen LogP contribution in [-0.2, 0) is 6.54 Å². The highest BCUT2D eigenvalue weighted by molar-refractivity contribution is 5.75. The molecule has 1 aliphatic rings. The van der Waals surface area contributed by atoms with Crippen molar-refractivity contribution in [2.24, 2.45) is 0 Å². The number of nitrogen functional groups attached to an aromatic ring is 1. The molecule has 0 radical (unpaired) electrons. The number of nitrogens with zero attached hydrogens (tertiary/aromatic N) is 1. The Bertz CT molecular complexity index is 600. The lowest BCUT2D eigenvalue weighted by molar-refractivity contribution is 0.307. The summed E-state index contributed by atoms with van der Waals surface area (Å²) in [4.78, 5) is 2.06. The van der Waals surface area contributed by atoms with E-state index in [0.717, 1.165) is 11.4 Å². The molecule has 1 aliphatic heterocycles. The van der Waals surface area contributed by atoms with Gasteiger partial charge in [-0.3, -0.25) is 0 Å². The molecule has 4 heteroatoms. The van der Waals surface area contributed by atoms with Crippen molar-refractivity contribution < 1.29 is 9.13 Å². The minimum absolute atomic E-state index is 0.190. The van der Waals surface area contributed by atoms with Crippen LogP contribution in [0.2, 0.25) is 0 Å². The van der Waals surface area contributed by atoms with Gasteiger partial charge in [0.2, 0.25) is 0 Å². The molecule has 1 heterocycles. The topological polar surface area (TPSA) is 38.5 Å². The minimum atomic E-state index is -0.190. The highest BCUT2D eigenvalue weighted by Crippen LogP contribution is 2.37. The molecule has 0 amide bonds. The number of halogens is 1. The molecule has 0 saturated heterocycles. The molecular weight excluding hydrogens is 243 g/mol. The molecule has 2 aromatic rings. The molecule has 0 unspecified atom stereocenters. The second-order valence-electron chi connectivity index (χ2n) is 4.56. The fourth-order valence-electron chi connectivity index (χ4n) is 2.36. The van der Waals surface area contributed by atoms with Gasteiger partial charge in [0.1, 0.15) is 23.9 Å². The predicted molar refractivity (Wildman–Crippen MR) is 73.8 cm³/mol. The van der Waals surface area contributed by atoms with Gasteiger partial charge in [-0.15, -0.1) is 0 Å². The summed E-state index contributed by atoms with van der Waals surface area (Å²) in [6, 6.07) is 12.4. The zero-order valence-electron chi connectivity index (χ0n) is 10.5. The summed E-state index contributed by atoms with van der Waals surface area (Å²) in [5.41, 5.74) is 8.19. The fraction of sp³-hybridized carbons (Fsp3) is 0.200. The van der Waals surface area contributed by atoms with Gasteiger partial charge >= 0.3 is 0 Å². The van der Waals surface area contributed by atoms with Crippen molar-refractivity contribution in [3.63, 3.8) is 0 Å². The van der Waals surface area contributed by atoms with Gasteiger partial charge in [0.15, 0.2) is 0 Å². The zero-order valence-corrected chi connectivity index (χ0v) is 10.5. The van der Waals surface area contributed by atoms with Crippen LogP contribution in [0.1, 0.15) is 5.56 Å². The summed E-state index contributed by atoms with van der Waals surface area (Å²) >= 11 is 0. The molecule has 0 fully saturated rings. The number of nitrogens with two attached hydrogens (primary N) is 1. The number of ether oxygens (including phenoxy) is 1. The zero-order chi connectivity index (χ0) is 13.2. The van der Waals surface area contributed by atoms with Gasteiger partial charge in [-0.05, 0) is 18.2 Å². The Balaban J connectivity index is 1.94. The van der Waals surface area contributed by atoms with E-state index in [1.807, 2.05) is 24.3 Å². The molecule has 98 valence electrons. The Labute approximate surface area is 111 Å². The number of hydrogen-bond acceptors (Lipinski definition) is 3. The van der Waals surface area contributed by atoms with E-state index in [0.29, 0.717) is 30.9 Å². The van der Waals surface area contributed by atoms with Gasteiger partial charge in [0, 0.05) is 12.1 Å². The maximum atomic E-state index is 13.7. The van der Waals surface area contributed by atoms with E-state index < -0.39 is 0 Å². The Morgan fingerprint density at radius 2 is 2.00 bits per heavy atom. The van der Waals surface area contributed by atoms with Crippen LogP contribution >= 0.6 is 0 Å². The third-order valence-corrected chi connectivity index (χ3v) is 3.28. The van der Waals surface area contributed by atoms with Crippen molar-refractivity contribution in [1.29, 1.82) is 0 Å². The summed E-state index contributed by atoms with van der Waals surface area (Å²) < 4.78 is 19.3. The summed E-state index contributed by atoms with van der Waals surface area (Å²) in [5.74, 6) is 0.577. The molecule has 0 aromatic heterocycles. The molecular formula is C15H15FN2O. The number of para-hydroxylation sites is 1. The molecule has 3 rings (SSSR count). The summed E-state index contributed by atoms with van der Waals surface area (Å²) in [5, 5.41) is 0. The second-order valence-corrected chi connectivity index (χ2v) is 4.56. The highest BCUT2D eigenvalue weighted by atomic mass is 19.1. The van der Waals surface area contributed by atoms with E-state index >= 15 is 0 Å². The lowest BCUT2D eigenvalue weighted by Gasteiger charge is -2.32. The van der Waals surface area contributed by atoms with Crippen LogP contribution in [-0.4, -0.2) is 13.2 Å². The van der Waals surface area contributed by atoms with Gasteiger partial charge in [-0.25, -0.2) is 4.39 Å². The van der Waals surface area contributed by atoms with Crippen LogP contribution in [0, 0.1) is 5.82 Å². The highest BCUT2D eigenvalue weighted by Gasteiger charge is 2.21. The Morgan fingerprint density at radius 1 is 1.16 bits per heavy atom. The van der Waals surface area contributed by atoms with Crippen LogP contribution < -0.4 is 15.4 Å². The third kappa shape index (κ3) is 2.21. The van der Waals surface area contributed by atoms with Crippen molar-refractivity contribution in [1.82, 2.24) is 0 Å². The predicted octanol–water partition coefficient (Wildman–Crippen LogP) is 2.81. The number of fused-ring (bicyclic) bond motifs is 1. The summed E-state index contributed by atoms with van der Waals surface area (Å²) in [6.45, 7) is 1.79. The molecule has 0 aliphatic carbocycles. The molecule has 2 aromatic carbocycles. The Hall–Kier alpha value is -2.23. The van der Waals surface area contributed by atoms with Crippen LogP contribution in [0.15, 0.2) is 42.5 Å². The first-order valence-electron chi connectivity index (χ1n) is 6.25. The molecule has 2 N–H and O–H groups in total. The smallest absolute Gasteiger partial charge is 0.144 e. The van der Waals surface area contributed by atoms with Crippen LogP contribution in [0.5, 0.6) is 5.75 Å². The molecule has 3 nitrogen and oxygen atoms in total. The summed E-state index contributed by atoms with van der Waals surface area (Å²) in [7, 11) is 0. The monoisotopic (exact) mass is 258 g/mol. The van der Waals surface area contributed by atoms with E-state index in [-0.39, 0.29) is 5.82 Å². The van der Waals surface area contributed by atoms with Gasteiger partial charge in [-0.1, -0.05) is 24.3 Å². The van der Waals surface area contributed by atoms with Gasteiger partial charge < -0.3 is 15.4 Å². The minimum Gasteiger partial charge on any atom is -0.489 e. The first-order chi connectivity index (χ1) is 9.25. The fourth-order valence-corrected chi connectivity index (χ4v) is 2.36. The Kier molecular flexibility index (Phi) is 2.99. The van der Waals surface area contributed by atoms with E-state index in [9.17, 15) is 4.39 Å². The van der Waals surface area contributed by atoms with Gasteiger partial charge in [0.05, 0.1) is 12.2 Å². The quantitative estimate of drug-likeness (QED) is 0.842. The number of anilines is 2. The van der Waals surface area contributed by atoms with Crippen LogP contribution in [0.4, 0.5) is 15.8 Å². The van der Waals surface area contributed by atoms with Crippen LogP contribution in [0.3, 0.4) is 0 Å². The third-order valence-electron chi connectivity index (χ3n) is 3.28. The maximum absolute atomic E-state index is 13.7. The van der Waals surface area contributed by atoms with Crippen molar-refractivity contribution >= 4 is 11.4 Å². The number of hydrogen-bond donors (Lipinski definition) is 1. The Morgan fingerprint density at radius 3 is 2.84 bits per heavy atom. The number of benzene rings is 2. The van der Waals surface area contributed by atoms with Gasteiger partial charge in [0.25, 0.3) is 0 Å². The van der Waals surface area contributed by atoms with Crippen molar-refractivity contribution in [2.75, 3.05) is 23.8 Å². The first-order valence-corrected chi connectivity index (χ1v) is 6.25. The summed E-state index contributed by atoms with van der Waals surface area (Å²) in [6.07, 6.45) is 0. The first kappa shape index (κ1) is 11.8. The van der Waals surface area contributed by atoms with Gasteiger partial charge in [-0.2, -0.15) is 0 Å². The largest absolute Gasteiger partial charge is 0.489 e. The normalized spacial score (nSPS) is 13.8. The van der Waals surface area contributed by atoms with E-state index in [2.05, 4.69) is 4.90 Å². The van der Waals surface area contributed by atoms with E-state index in [4.69, 9.17) is 10.5 Å². The van der Waals surface area contributed by atoms with Crippen molar-refractivity contribution in [3.05, 3.63) is 53.8 Å². The lowest BCUT2D eigenvalue weighted by Crippen LogP contribution is -2.33. The van der Waals surface area contributed by atoms with E-state index in [1.54, 1.807) is 12.1 Å². The standard InChI is InChI=1S/C15H15FN2O/c16-12-5-2-1-4-11(12)10-18-8-9-19-14-7-3-6-13(17)15(14)18/h1-7H,8-10,17H2. The SMILES string of the molecule is Nc1cccc2c1N(Cc1ccccc1F)CCO2. The maximum Gasteiger partial charge on any atom is 0.144 e. The molecule has 19 heavy (non-hydrogen) atoms. The second kappa shape index (κ2) is 4.80. The van der Waals surface area contributed by atoms with Crippen molar-refractivity contribution in [3.8, 4) is 5.75 Å². The molecule has 0 saturated carbocycles. The van der Waals surface area contributed by atoms with E-state index in [1.165, 1.54) is 6.07 Å².